The molecule has 0 saturated heterocycles. The minimum absolute atomic E-state index is 0.107. The van der Waals surface area contributed by atoms with E-state index >= 15 is 0 Å². The zero-order valence-electron chi connectivity index (χ0n) is 18.8. The molecule has 33 heavy (non-hydrogen) atoms. The highest BCUT2D eigenvalue weighted by molar-refractivity contribution is 5.90. The van der Waals surface area contributed by atoms with Gasteiger partial charge in [-0.25, -0.2) is 10.2 Å². The number of nitro groups is 1. The average Bonchev–Trinajstić information content (AvgIpc) is 3.06. The van der Waals surface area contributed by atoms with Gasteiger partial charge in [0.15, 0.2) is 0 Å². The molecular weight excluding hydrogens is 424 g/mol. The Labute approximate surface area is 190 Å². The van der Waals surface area contributed by atoms with Crippen LogP contribution in [0.5, 0.6) is 0 Å². The number of carbonyl (C=O) groups excluding carboxylic acids is 2. The van der Waals surface area contributed by atoms with Crippen LogP contribution in [0.2, 0.25) is 0 Å². The topological polar surface area (TPSA) is 116 Å². The van der Waals surface area contributed by atoms with Crippen molar-refractivity contribution in [2.45, 2.75) is 27.2 Å². The Balaban J connectivity index is 1.79. The van der Waals surface area contributed by atoms with Crippen molar-refractivity contribution >= 4 is 23.8 Å². The lowest BCUT2D eigenvalue weighted by molar-refractivity contribution is -0.385. The third-order valence-corrected chi connectivity index (χ3v) is 5.27. The van der Waals surface area contributed by atoms with Gasteiger partial charge in [-0.3, -0.25) is 14.9 Å². The molecule has 0 saturated carbocycles. The number of nitrogens with zero attached hydrogens (tertiary/aromatic N) is 3. The molecule has 1 heterocycles. The number of nitro benzene ring substituents is 1. The Hall–Kier alpha value is -4.27. The quantitative estimate of drug-likeness (QED) is 0.255. The van der Waals surface area contributed by atoms with Crippen molar-refractivity contribution in [3.63, 3.8) is 0 Å². The van der Waals surface area contributed by atoms with E-state index in [9.17, 15) is 19.7 Å². The fourth-order valence-corrected chi connectivity index (χ4v) is 3.61. The van der Waals surface area contributed by atoms with E-state index in [2.05, 4.69) is 10.5 Å². The minimum atomic E-state index is -0.516. The fraction of sp³-hybridized carbons (Fsp3) is 0.208. The third kappa shape index (κ3) is 5.15. The van der Waals surface area contributed by atoms with Crippen LogP contribution < -0.4 is 5.43 Å². The average molecular weight is 448 g/mol. The Morgan fingerprint density at radius 1 is 1.15 bits per heavy atom. The zero-order valence-corrected chi connectivity index (χ0v) is 18.8. The molecular formula is C24H24N4O5. The summed E-state index contributed by atoms with van der Waals surface area (Å²) in [6, 6.07) is 13.4. The van der Waals surface area contributed by atoms with Crippen LogP contribution in [0.3, 0.4) is 0 Å². The van der Waals surface area contributed by atoms with E-state index in [-0.39, 0.29) is 12.1 Å². The molecule has 0 aliphatic heterocycles. The van der Waals surface area contributed by atoms with Gasteiger partial charge in [-0.1, -0.05) is 24.3 Å². The van der Waals surface area contributed by atoms with Gasteiger partial charge in [-0.15, -0.1) is 0 Å². The van der Waals surface area contributed by atoms with E-state index in [1.807, 2.05) is 37.5 Å². The van der Waals surface area contributed by atoms with Crippen molar-refractivity contribution in [1.82, 2.24) is 9.99 Å². The zero-order chi connectivity index (χ0) is 24.1. The molecule has 0 aliphatic carbocycles. The van der Waals surface area contributed by atoms with E-state index in [1.54, 1.807) is 30.3 Å². The first-order valence-electron chi connectivity index (χ1n) is 10.2. The first-order valence-corrected chi connectivity index (χ1v) is 10.2. The van der Waals surface area contributed by atoms with Crippen LogP contribution >= 0.6 is 0 Å². The monoisotopic (exact) mass is 448 g/mol. The van der Waals surface area contributed by atoms with Gasteiger partial charge in [0.1, 0.15) is 0 Å². The van der Waals surface area contributed by atoms with E-state index in [0.29, 0.717) is 11.1 Å². The lowest BCUT2D eigenvalue weighted by Gasteiger charge is -2.14. The van der Waals surface area contributed by atoms with Crippen molar-refractivity contribution < 1.29 is 19.2 Å². The smallest absolute Gasteiger partial charge is 0.337 e. The van der Waals surface area contributed by atoms with Crippen molar-refractivity contribution in [2.75, 3.05) is 7.11 Å². The number of nitrogens with one attached hydrogen (secondary N) is 1. The summed E-state index contributed by atoms with van der Waals surface area (Å²) >= 11 is 0. The van der Waals surface area contributed by atoms with Crippen LogP contribution in [-0.4, -0.2) is 34.7 Å². The molecule has 0 fully saturated rings. The molecule has 0 aliphatic rings. The van der Waals surface area contributed by atoms with Gasteiger partial charge in [0.2, 0.25) is 5.91 Å². The number of aromatic nitrogens is 1. The molecule has 1 amide bonds. The predicted octanol–water partition coefficient (Wildman–Crippen LogP) is 3.79. The molecule has 2 aromatic carbocycles. The number of benzene rings is 2. The third-order valence-electron chi connectivity index (χ3n) is 5.27. The first-order chi connectivity index (χ1) is 15.7. The number of ether oxygens (including phenoxy) is 1. The number of rotatable bonds is 7. The van der Waals surface area contributed by atoms with Gasteiger partial charge in [0.25, 0.3) is 5.69 Å². The Morgan fingerprint density at radius 3 is 2.58 bits per heavy atom. The van der Waals surface area contributed by atoms with Gasteiger partial charge in [0, 0.05) is 34.3 Å². The van der Waals surface area contributed by atoms with Crippen LogP contribution in [0.1, 0.15) is 38.4 Å². The number of aryl methyl sites for hydroxylation is 2. The molecule has 1 aromatic heterocycles. The van der Waals surface area contributed by atoms with Crippen molar-refractivity contribution in [2.24, 2.45) is 5.10 Å². The summed E-state index contributed by atoms with van der Waals surface area (Å²) in [5.41, 5.74) is 7.47. The maximum absolute atomic E-state index is 12.2. The predicted molar refractivity (Wildman–Crippen MR) is 124 cm³/mol. The normalized spacial score (nSPS) is 10.9. The lowest BCUT2D eigenvalue weighted by Crippen LogP contribution is -2.20. The summed E-state index contributed by atoms with van der Waals surface area (Å²) in [6.07, 6.45) is 1.36. The molecule has 9 nitrogen and oxygen atoms in total. The van der Waals surface area contributed by atoms with Gasteiger partial charge < -0.3 is 9.30 Å². The van der Waals surface area contributed by atoms with Crippen molar-refractivity contribution in [3.05, 3.63) is 92.3 Å². The SMILES string of the molecule is COC(=O)c1ccc(C)c(-n2c(C)cc(C=NNC(=O)Cc3ccccc3[N+](=O)[O-])c2C)c1. The maximum atomic E-state index is 12.2. The largest absolute Gasteiger partial charge is 0.465 e. The number of hydrogen-bond donors (Lipinski definition) is 1. The molecule has 9 heteroatoms. The number of hydrogen-bond acceptors (Lipinski definition) is 6. The Bertz CT molecular complexity index is 1260. The molecule has 0 bridgehead atoms. The van der Waals surface area contributed by atoms with E-state index in [1.165, 1.54) is 19.4 Å². The summed E-state index contributed by atoms with van der Waals surface area (Å²) < 4.78 is 6.82. The summed E-state index contributed by atoms with van der Waals surface area (Å²) in [6.45, 7) is 5.79. The number of carbonyl (C=O) groups is 2. The van der Waals surface area contributed by atoms with E-state index in [0.717, 1.165) is 28.2 Å². The molecule has 0 unspecified atom stereocenters. The van der Waals surface area contributed by atoms with Gasteiger partial charge >= 0.3 is 5.97 Å². The Morgan fingerprint density at radius 2 is 1.88 bits per heavy atom. The minimum Gasteiger partial charge on any atom is -0.465 e. The molecule has 0 atom stereocenters. The van der Waals surface area contributed by atoms with Gasteiger partial charge in [-0.2, -0.15) is 5.10 Å². The molecule has 0 radical (unpaired) electrons. The standard InChI is InChI=1S/C24H24N4O5/c1-15-9-10-19(24(30)33-4)12-22(15)27-16(2)11-20(17(27)3)14-25-26-23(29)13-18-7-5-6-8-21(18)28(31)32/h5-12,14H,13H2,1-4H3,(H,26,29). The Kier molecular flexibility index (Phi) is 7.02. The second kappa shape index (κ2) is 9.90. The number of methoxy groups -OCH3 is 1. The number of esters is 1. The number of hydrazone groups is 1. The number of amides is 1. The second-order valence-corrected chi connectivity index (χ2v) is 7.51. The molecule has 3 aromatic rings. The van der Waals surface area contributed by atoms with Crippen LogP contribution in [0.25, 0.3) is 5.69 Å². The van der Waals surface area contributed by atoms with Gasteiger partial charge in [0.05, 0.1) is 30.2 Å². The summed E-state index contributed by atoms with van der Waals surface area (Å²) in [7, 11) is 1.34. The first kappa shape index (κ1) is 23.4. The van der Waals surface area contributed by atoms with Crippen LogP contribution in [-0.2, 0) is 16.0 Å². The highest BCUT2D eigenvalue weighted by Crippen LogP contribution is 2.24. The lowest BCUT2D eigenvalue weighted by atomic mass is 10.1. The van der Waals surface area contributed by atoms with Crippen molar-refractivity contribution in [3.8, 4) is 5.69 Å². The van der Waals surface area contributed by atoms with Crippen LogP contribution in [0, 0.1) is 30.9 Å². The van der Waals surface area contributed by atoms with Crippen LogP contribution in [0.4, 0.5) is 5.69 Å². The molecule has 3 rings (SSSR count). The number of para-hydroxylation sites is 1. The second-order valence-electron chi connectivity index (χ2n) is 7.51. The molecule has 1 N–H and O–H groups in total. The van der Waals surface area contributed by atoms with Crippen LogP contribution in [0.15, 0.2) is 53.6 Å². The fourth-order valence-electron chi connectivity index (χ4n) is 3.61. The molecule has 170 valence electrons. The highest BCUT2D eigenvalue weighted by atomic mass is 16.6. The molecule has 0 spiro atoms. The van der Waals surface area contributed by atoms with Crippen molar-refractivity contribution in [1.29, 1.82) is 0 Å². The maximum Gasteiger partial charge on any atom is 0.337 e. The summed E-state index contributed by atoms with van der Waals surface area (Å²) in [5, 5.41) is 15.1. The van der Waals surface area contributed by atoms with E-state index in [4.69, 9.17) is 4.74 Å². The van der Waals surface area contributed by atoms with E-state index < -0.39 is 16.8 Å². The van der Waals surface area contributed by atoms with Gasteiger partial charge in [-0.05, 0) is 44.5 Å². The summed E-state index contributed by atoms with van der Waals surface area (Å²) in [4.78, 5) is 34.8. The summed E-state index contributed by atoms with van der Waals surface area (Å²) in [5.74, 6) is -0.877. The highest BCUT2D eigenvalue weighted by Gasteiger charge is 2.16.